The summed E-state index contributed by atoms with van der Waals surface area (Å²) < 4.78 is 5.72. The zero-order chi connectivity index (χ0) is 16.5. The van der Waals surface area contributed by atoms with Crippen LogP contribution in [-0.4, -0.2) is 24.3 Å². The molecule has 0 fully saturated rings. The Hall–Kier alpha value is -1.65. The summed E-state index contributed by atoms with van der Waals surface area (Å²) >= 11 is 7.78. The van der Waals surface area contributed by atoms with Crippen molar-refractivity contribution in [3.63, 3.8) is 0 Å². The van der Waals surface area contributed by atoms with E-state index in [0.717, 1.165) is 5.75 Å². The van der Waals surface area contributed by atoms with Gasteiger partial charge in [-0.3, -0.25) is 4.79 Å². The number of carbonyl (C=O) groups excluding carboxylic acids is 1. The van der Waals surface area contributed by atoms with Crippen molar-refractivity contribution in [2.75, 3.05) is 12.3 Å². The Kier molecular flexibility index (Phi) is 7.30. The summed E-state index contributed by atoms with van der Waals surface area (Å²) in [5.74, 6) is 1.24. The highest BCUT2D eigenvalue weighted by Gasteiger charge is 2.18. The molecule has 2 aromatic carbocycles. The largest absolute Gasteiger partial charge is 0.479 e. The van der Waals surface area contributed by atoms with Crippen LogP contribution >= 0.6 is 23.4 Å². The van der Waals surface area contributed by atoms with E-state index in [0.29, 0.717) is 23.7 Å². The first-order valence-corrected chi connectivity index (χ1v) is 8.93. The predicted octanol–water partition coefficient (Wildman–Crippen LogP) is 4.41. The van der Waals surface area contributed by atoms with Gasteiger partial charge in [0.25, 0.3) is 5.91 Å². The van der Waals surface area contributed by atoms with Gasteiger partial charge in [-0.1, -0.05) is 48.9 Å². The average molecular weight is 350 g/mol. The third kappa shape index (κ3) is 5.81. The second kappa shape index (κ2) is 9.48. The molecule has 0 unspecified atom stereocenters. The van der Waals surface area contributed by atoms with Crippen LogP contribution in [0.2, 0.25) is 5.02 Å². The lowest BCUT2D eigenvalue weighted by Crippen LogP contribution is -2.39. The molecule has 0 saturated heterocycles. The first-order chi connectivity index (χ1) is 11.2. The van der Waals surface area contributed by atoms with Crippen LogP contribution in [0.4, 0.5) is 0 Å². The summed E-state index contributed by atoms with van der Waals surface area (Å²) in [6, 6.07) is 17.3. The second-order valence-corrected chi connectivity index (χ2v) is 6.47. The molecule has 0 aliphatic carbocycles. The number of amides is 1. The first-order valence-electron chi connectivity index (χ1n) is 7.57. The van der Waals surface area contributed by atoms with Crippen molar-refractivity contribution in [2.24, 2.45) is 0 Å². The van der Waals surface area contributed by atoms with E-state index in [1.807, 2.05) is 37.3 Å². The monoisotopic (exact) mass is 349 g/mol. The number of nitrogens with one attached hydrogen (secondary N) is 1. The first kappa shape index (κ1) is 17.7. The fourth-order valence-electron chi connectivity index (χ4n) is 1.99. The number of carbonyl (C=O) groups is 1. The molecule has 0 aromatic heterocycles. The average Bonchev–Trinajstić information content (AvgIpc) is 2.59. The van der Waals surface area contributed by atoms with Crippen LogP contribution in [-0.2, 0) is 4.79 Å². The smallest absolute Gasteiger partial charge is 0.261 e. The highest BCUT2D eigenvalue weighted by Crippen LogP contribution is 2.24. The van der Waals surface area contributed by atoms with E-state index in [2.05, 4.69) is 17.4 Å². The maximum atomic E-state index is 12.2. The molecule has 1 amide bonds. The van der Waals surface area contributed by atoms with E-state index in [1.54, 1.807) is 23.9 Å². The van der Waals surface area contributed by atoms with Gasteiger partial charge in [0.15, 0.2) is 6.10 Å². The molecule has 0 heterocycles. The summed E-state index contributed by atoms with van der Waals surface area (Å²) in [7, 11) is 0. The van der Waals surface area contributed by atoms with E-state index in [1.165, 1.54) is 4.90 Å². The maximum Gasteiger partial charge on any atom is 0.261 e. The number of benzene rings is 2. The van der Waals surface area contributed by atoms with Gasteiger partial charge in [0.05, 0.1) is 5.02 Å². The maximum absolute atomic E-state index is 12.2. The number of hydrogen-bond acceptors (Lipinski definition) is 3. The Bertz CT molecular complexity index is 621. The highest BCUT2D eigenvalue weighted by molar-refractivity contribution is 7.99. The molecule has 0 bridgehead atoms. The molecule has 0 radical (unpaired) electrons. The normalized spacial score (nSPS) is 11.7. The van der Waals surface area contributed by atoms with Gasteiger partial charge in [0.1, 0.15) is 5.75 Å². The Labute approximate surface area is 146 Å². The van der Waals surface area contributed by atoms with Crippen LogP contribution < -0.4 is 10.1 Å². The summed E-state index contributed by atoms with van der Waals surface area (Å²) in [6.07, 6.45) is 0.0553. The Morgan fingerprint density at radius 3 is 2.57 bits per heavy atom. The lowest BCUT2D eigenvalue weighted by molar-refractivity contribution is -0.127. The van der Waals surface area contributed by atoms with E-state index >= 15 is 0 Å². The fraction of sp³-hybridized carbons (Fsp3) is 0.278. The predicted molar refractivity (Wildman–Crippen MR) is 96.3 cm³/mol. The Morgan fingerprint density at radius 2 is 1.87 bits per heavy atom. The number of para-hydroxylation sites is 1. The fourth-order valence-corrected chi connectivity index (χ4v) is 2.96. The zero-order valence-electron chi connectivity index (χ0n) is 13.0. The zero-order valence-corrected chi connectivity index (χ0v) is 14.6. The van der Waals surface area contributed by atoms with Crippen LogP contribution in [0.1, 0.15) is 13.3 Å². The van der Waals surface area contributed by atoms with Crippen LogP contribution in [0.25, 0.3) is 0 Å². The summed E-state index contributed by atoms with van der Waals surface area (Å²) in [5.41, 5.74) is 0. The standard InChI is InChI=1S/C18H20ClNO2S/c1-2-16(22-17-11-7-6-10-15(17)19)18(21)20-12-13-23-14-8-4-3-5-9-14/h3-11,16H,2,12-13H2,1H3,(H,20,21)/t16-/m0/s1. The van der Waals surface area contributed by atoms with Gasteiger partial charge in [-0.05, 0) is 30.7 Å². The van der Waals surface area contributed by atoms with Crippen molar-refractivity contribution in [1.82, 2.24) is 5.32 Å². The number of hydrogen-bond donors (Lipinski definition) is 1. The molecule has 0 aliphatic rings. The molecular weight excluding hydrogens is 330 g/mol. The highest BCUT2D eigenvalue weighted by atomic mass is 35.5. The topological polar surface area (TPSA) is 38.3 Å². The van der Waals surface area contributed by atoms with Gasteiger partial charge in [-0.2, -0.15) is 0 Å². The third-order valence-electron chi connectivity index (χ3n) is 3.18. The molecule has 1 atom stereocenters. The lowest BCUT2D eigenvalue weighted by atomic mass is 10.2. The van der Waals surface area contributed by atoms with Gasteiger partial charge < -0.3 is 10.1 Å². The minimum Gasteiger partial charge on any atom is -0.479 e. The number of halogens is 1. The van der Waals surface area contributed by atoms with Gasteiger partial charge in [-0.15, -0.1) is 11.8 Å². The van der Waals surface area contributed by atoms with Gasteiger partial charge >= 0.3 is 0 Å². The molecule has 23 heavy (non-hydrogen) atoms. The quantitative estimate of drug-likeness (QED) is 0.567. The molecule has 2 rings (SSSR count). The SMILES string of the molecule is CC[C@H](Oc1ccccc1Cl)C(=O)NCCSc1ccccc1. The minimum absolute atomic E-state index is 0.110. The van der Waals surface area contributed by atoms with Crippen molar-refractivity contribution in [3.8, 4) is 5.75 Å². The van der Waals surface area contributed by atoms with Crippen LogP contribution in [0, 0.1) is 0 Å². The van der Waals surface area contributed by atoms with Crippen molar-refractivity contribution in [1.29, 1.82) is 0 Å². The molecule has 2 aromatic rings. The van der Waals surface area contributed by atoms with Crippen molar-refractivity contribution >= 4 is 29.3 Å². The summed E-state index contributed by atoms with van der Waals surface area (Å²) in [4.78, 5) is 13.4. The van der Waals surface area contributed by atoms with E-state index < -0.39 is 6.10 Å². The third-order valence-corrected chi connectivity index (χ3v) is 4.51. The van der Waals surface area contributed by atoms with Gasteiger partial charge in [-0.25, -0.2) is 0 Å². The number of thioether (sulfide) groups is 1. The van der Waals surface area contributed by atoms with Gasteiger partial charge in [0.2, 0.25) is 0 Å². The molecule has 3 nitrogen and oxygen atoms in total. The molecule has 0 spiro atoms. The van der Waals surface area contributed by atoms with Crippen LogP contribution in [0.15, 0.2) is 59.5 Å². The summed E-state index contributed by atoms with van der Waals surface area (Å²) in [6.45, 7) is 2.51. The minimum atomic E-state index is -0.531. The van der Waals surface area contributed by atoms with Crippen LogP contribution in [0.5, 0.6) is 5.75 Å². The second-order valence-electron chi connectivity index (χ2n) is 4.90. The van der Waals surface area contributed by atoms with E-state index in [9.17, 15) is 4.79 Å². The molecule has 5 heteroatoms. The van der Waals surface area contributed by atoms with Crippen molar-refractivity contribution in [2.45, 2.75) is 24.3 Å². The number of rotatable bonds is 8. The Balaban J connectivity index is 1.77. The number of ether oxygens (including phenoxy) is 1. The summed E-state index contributed by atoms with van der Waals surface area (Å²) in [5, 5.41) is 3.43. The van der Waals surface area contributed by atoms with E-state index in [4.69, 9.17) is 16.3 Å². The molecule has 1 N–H and O–H groups in total. The van der Waals surface area contributed by atoms with Crippen LogP contribution in [0.3, 0.4) is 0 Å². The molecule has 0 aliphatic heterocycles. The van der Waals surface area contributed by atoms with Crippen molar-refractivity contribution in [3.05, 3.63) is 59.6 Å². The van der Waals surface area contributed by atoms with E-state index in [-0.39, 0.29) is 5.91 Å². The Morgan fingerprint density at radius 1 is 1.17 bits per heavy atom. The van der Waals surface area contributed by atoms with Crippen molar-refractivity contribution < 1.29 is 9.53 Å². The molecular formula is C18H20ClNO2S. The molecule has 0 saturated carbocycles. The van der Waals surface area contributed by atoms with Gasteiger partial charge in [0, 0.05) is 17.2 Å². The lowest BCUT2D eigenvalue weighted by Gasteiger charge is -2.18. The molecule has 122 valence electrons.